The van der Waals surface area contributed by atoms with Crippen LogP contribution >= 0.6 is 11.8 Å². The van der Waals surface area contributed by atoms with E-state index in [9.17, 15) is 18.0 Å². The van der Waals surface area contributed by atoms with Crippen molar-refractivity contribution >= 4 is 33.7 Å². The quantitative estimate of drug-likeness (QED) is 0.507. The van der Waals surface area contributed by atoms with E-state index in [1.807, 2.05) is 6.26 Å². The highest BCUT2D eigenvalue weighted by Gasteiger charge is 2.69. The van der Waals surface area contributed by atoms with Crippen LogP contribution in [0.4, 0.5) is 4.79 Å². The zero-order valence-corrected chi connectivity index (χ0v) is 24.5. The van der Waals surface area contributed by atoms with E-state index in [0.29, 0.717) is 31.8 Å². The van der Waals surface area contributed by atoms with Crippen molar-refractivity contribution in [3.05, 3.63) is 35.4 Å². The first-order valence-corrected chi connectivity index (χ1v) is 17.2. The lowest BCUT2D eigenvalue weighted by molar-refractivity contribution is -0.131. The van der Waals surface area contributed by atoms with E-state index in [0.717, 1.165) is 44.3 Å². The number of urea groups is 1. The Morgan fingerprint density at radius 1 is 1.08 bits per heavy atom. The number of aryl methyl sites for hydroxylation is 1. The second-order valence-electron chi connectivity index (χ2n) is 12.9. The maximum absolute atomic E-state index is 14.1. The highest BCUT2D eigenvalue weighted by Crippen LogP contribution is 2.67. The summed E-state index contributed by atoms with van der Waals surface area (Å²) in [7, 11) is -3.57. The molecule has 2 bridgehead atoms. The number of imide groups is 1. The van der Waals surface area contributed by atoms with Crippen LogP contribution in [-0.4, -0.2) is 72.5 Å². The predicted molar refractivity (Wildman–Crippen MR) is 151 cm³/mol. The van der Waals surface area contributed by atoms with E-state index in [4.69, 9.17) is 0 Å². The first-order chi connectivity index (χ1) is 18.0. The van der Waals surface area contributed by atoms with E-state index < -0.39 is 21.5 Å². The average Bonchev–Trinajstić information content (AvgIpc) is 3.52. The minimum Gasteiger partial charge on any atom is -0.326 e. The number of rotatable bonds is 7. The van der Waals surface area contributed by atoms with Crippen LogP contribution in [-0.2, 0) is 26.7 Å². The summed E-state index contributed by atoms with van der Waals surface area (Å²) in [6.07, 6.45) is 8.89. The molecular formula is C29H41N3O4S2. The highest BCUT2D eigenvalue weighted by molar-refractivity contribution is 7.98. The van der Waals surface area contributed by atoms with Crippen molar-refractivity contribution in [2.75, 3.05) is 30.9 Å². The monoisotopic (exact) mass is 559 g/mol. The van der Waals surface area contributed by atoms with E-state index in [1.54, 1.807) is 16.1 Å². The van der Waals surface area contributed by atoms with Crippen molar-refractivity contribution in [1.29, 1.82) is 0 Å². The number of piperidine rings is 1. The summed E-state index contributed by atoms with van der Waals surface area (Å²) in [6.45, 7) is 5.43. The topological polar surface area (TPSA) is 86.8 Å². The standard InChI is InChI=1S/C29H41N3O4S2/c1-27(2)21-9-12-29(27,24(18-21)32-25(33)23(10-17-37-3)30-26(32)34)19-38(35,36)31-15-13-28(14-16-31)11-8-20-6-4-5-7-22(20)28/h4-7,21,23-24H,8-19H2,1-3H3,(H,30,34)/t21-,23?,24+,29-/m1/s1. The van der Waals surface area contributed by atoms with Crippen LogP contribution < -0.4 is 5.32 Å². The third-order valence-corrected chi connectivity index (χ3v) is 14.0. The smallest absolute Gasteiger partial charge is 0.325 e. The van der Waals surface area contributed by atoms with Gasteiger partial charge in [0.15, 0.2) is 0 Å². The molecule has 6 rings (SSSR count). The molecule has 3 aliphatic carbocycles. The third-order valence-electron chi connectivity index (χ3n) is 11.3. The molecule has 3 amide bonds. The maximum Gasteiger partial charge on any atom is 0.325 e. The van der Waals surface area contributed by atoms with Crippen molar-refractivity contribution in [2.24, 2.45) is 16.7 Å². The van der Waals surface area contributed by atoms with E-state index in [-0.39, 0.29) is 34.6 Å². The van der Waals surface area contributed by atoms with Crippen LogP contribution in [0.25, 0.3) is 0 Å². The van der Waals surface area contributed by atoms with Crippen molar-refractivity contribution < 1.29 is 18.0 Å². The van der Waals surface area contributed by atoms with Crippen molar-refractivity contribution in [3.8, 4) is 0 Å². The normalized spacial score (nSPS) is 33.8. The van der Waals surface area contributed by atoms with Gasteiger partial charge in [-0.15, -0.1) is 0 Å². The molecule has 0 aromatic heterocycles. The molecule has 2 saturated carbocycles. The molecule has 0 radical (unpaired) electrons. The van der Waals surface area contributed by atoms with Crippen molar-refractivity contribution in [2.45, 2.75) is 82.7 Å². The molecule has 2 heterocycles. The number of sulfonamides is 1. The number of nitrogens with zero attached hydrogens (tertiary/aromatic N) is 2. The molecule has 1 spiro atoms. The van der Waals surface area contributed by atoms with Crippen LogP contribution in [0.15, 0.2) is 24.3 Å². The summed E-state index contributed by atoms with van der Waals surface area (Å²) in [5.74, 6) is 0.954. The molecule has 2 aliphatic heterocycles. The third kappa shape index (κ3) is 3.81. The number of hydrogen-bond donors (Lipinski definition) is 1. The number of carbonyl (C=O) groups is 2. The van der Waals surface area contributed by atoms with Gasteiger partial charge in [0.25, 0.3) is 5.91 Å². The summed E-state index contributed by atoms with van der Waals surface area (Å²) >= 11 is 1.66. The minimum atomic E-state index is -3.57. The Morgan fingerprint density at radius 3 is 2.53 bits per heavy atom. The zero-order valence-electron chi connectivity index (χ0n) is 22.9. The van der Waals surface area contributed by atoms with Crippen LogP contribution in [0.1, 0.15) is 69.9 Å². The van der Waals surface area contributed by atoms with Crippen LogP contribution in [0.5, 0.6) is 0 Å². The molecule has 4 fully saturated rings. The molecule has 208 valence electrons. The van der Waals surface area contributed by atoms with Gasteiger partial charge >= 0.3 is 6.03 Å². The Morgan fingerprint density at radius 2 is 1.82 bits per heavy atom. The molecule has 1 N–H and O–H groups in total. The molecule has 7 nitrogen and oxygen atoms in total. The van der Waals surface area contributed by atoms with E-state index in [2.05, 4.69) is 43.4 Å². The first kappa shape index (κ1) is 26.6. The number of thioether (sulfide) groups is 1. The zero-order chi connectivity index (χ0) is 26.9. The van der Waals surface area contributed by atoms with Gasteiger partial charge < -0.3 is 5.32 Å². The lowest BCUT2D eigenvalue weighted by Gasteiger charge is -2.46. The van der Waals surface area contributed by atoms with Gasteiger partial charge in [-0.25, -0.2) is 17.5 Å². The molecule has 1 aromatic rings. The van der Waals surface area contributed by atoms with Gasteiger partial charge in [-0.2, -0.15) is 11.8 Å². The van der Waals surface area contributed by atoms with Gasteiger partial charge in [0.2, 0.25) is 10.0 Å². The van der Waals surface area contributed by atoms with Crippen molar-refractivity contribution in [3.63, 3.8) is 0 Å². The van der Waals surface area contributed by atoms with Gasteiger partial charge in [0.1, 0.15) is 6.04 Å². The van der Waals surface area contributed by atoms with Crippen molar-refractivity contribution in [1.82, 2.24) is 14.5 Å². The predicted octanol–water partition coefficient (Wildman–Crippen LogP) is 4.16. The molecule has 2 saturated heterocycles. The first-order valence-electron chi connectivity index (χ1n) is 14.2. The Kier molecular flexibility index (Phi) is 6.47. The molecule has 1 aromatic carbocycles. The maximum atomic E-state index is 14.1. The highest BCUT2D eigenvalue weighted by atomic mass is 32.2. The van der Waals surface area contributed by atoms with Gasteiger partial charge in [-0.1, -0.05) is 38.1 Å². The SMILES string of the molecule is CSCCC1NC(=O)N([C@H]2C[C@H]3CC[C@]2(CS(=O)(=O)N2CCC4(CCc5ccccc54)CC2)C3(C)C)C1=O. The van der Waals surface area contributed by atoms with E-state index in [1.165, 1.54) is 16.0 Å². The summed E-state index contributed by atoms with van der Waals surface area (Å²) in [6, 6.07) is 7.45. The number of fused-ring (bicyclic) bond motifs is 4. The lowest BCUT2D eigenvalue weighted by atomic mass is 9.68. The number of benzene rings is 1. The van der Waals surface area contributed by atoms with Gasteiger partial charge in [-0.05, 0) is 91.2 Å². The van der Waals surface area contributed by atoms with E-state index >= 15 is 0 Å². The Balaban J connectivity index is 1.23. The molecule has 4 atom stereocenters. The Hall–Kier alpha value is -1.58. The number of hydrogen-bond acceptors (Lipinski definition) is 5. The van der Waals surface area contributed by atoms with Crippen LogP contribution in [0.2, 0.25) is 0 Å². The fourth-order valence-corrected chi connectivity index (χ4v) is 11.7. The van der Waals surface area contributed by atoms with Gasteiger partial charge in [0, 0.05) is 24.5 Å². The fourth-order valence-electron chi connectivity index (χ4n) is 8.90. The van der Waals surface area contributed by atoms with Gasteiger partial charge in [-0.3, -0.25) is 9.69 Å². The Labute approximate surface area is 231 Å². The Bertz CT molecular complexity index is 1240. The number of amides is 3. The summed E-state index contributed by atoms with van der Waals surface area (Å²) < 4.78 is 29.9. The molecule has 9 heteroatoms. The minimum absolute atomic E-state index is 0.0181. The molecule has 38 heavy (non-hydrogen) atoms. The largest absolute Gasteiger partial charge is 0.326 e. The average molecular weight is 560 g/mol. The summed E-state index contributed by atoms with van der Waals surface area (Å²) in [5.41, 5.74) is 2.05. The molecular weight excluding hydrogens is 518 g/mol. The number of carbonyl (C=O) groups excluding carboxylic acids is 2. The van der Waals surface area contributed by atoms with Crippen LogP contribution in [0.3, 0.4) is 0 Å². The van der Waals surface area contributed by atoms with Crippen LogP contribution in [0, 0.1) is 16.7 Å². The fraction of sp³-hybridized carbons (Fsp3) is 0.724. The molecule has 1 unspecified atom stereocenters. The van der Waals surface area contributed by atoms with Gasteiger partial charge in [0.05, 0.1) is 5.75 Å². The second-order valence-corrected chi connectivity index (χ2v) is 15.9. The number of nitrogens with one attached hydrogen (secondary N) is 1. The summed E-state index contributed by atoms with van der Waals surface area (Å²) in [4.78, 5) is 28.0. The molecule has 5 aliphatic rings. The second kappa shape index (κ2) is 9.23. The summed E-state index contributed by atoms with van der Waals surface area (Å²) in [5, 5.41) is 2.90. The lowest BCUT2D eigenvalue weighted by Crippen LogP contribution is -2.56.